The number of methoxy groups -OCH3 is 1. The van der Waals surface area contributed by atoms with Crippen LogP contribution in [0.5, 0.6) is 5.75 Å². The molecule has 0 aliphatic carbocycles. The highest BCUT2D eigenvalue weighted by atomic mass is 79.9. The van der Waals surface area contributed by atoms with Crippen LogP contribution >= 0.6 is 15.9 Å². The second-order valence-electron chi connectivity index (χ2n) is 4.92. The second-order valence-corrected chi connectivity index (χ2v) is 7.72. The van der Waals surface area contributed by atoms with Gasteiger partial charge in [-0.15, -0.1) is 0 Å². The molecule has 1 aromatic rings. The van der Waals surface area contributed by atoms with Gasteiger partial charge >= 0.3 is 0 Å². The van der Waals surface area contributed by atoms with Gasteiger partial charge in [0.2, 0.25) is 15.9 Å². The van der Waals surface area contributed by atoms with E-state index in [1.165, 1.54) is 28.4 Å². The minimum Gasteiger partial charge on any atom is -0.496 e. The van der Waals surface area contributed by atoms with Crippen molar-refractivity contribution in [2.75, 3.05) is 34.3 Å². The predicted octanol–water partition coefficient (Wildman–Crippen LogP) is 1.95. The molecule has 0 heterocycles. The first-order chi connectivity index (χ1) is 10.2. The van der Waals surface area contributed by atoms with Gasteiger partial charge in [0.05, 0.1) is 23.0 Å². The number of amides is 1. The topological polar surface area (TPSA) is 66.9 Å². The summed E-state index contributed by atoms with van der Waals surface area (Å²) in [6, 6.07) is 4.54. The number of sulfonamides is 1. The Morgan fingerprint density at radius 2 is 1.95 bits per heavy atom. The van der Waals surface area contributed by atoms with Crippen molar-refractivity contribution in [3.8, 4) is 5.75 Å². The van der Waals surface area contributed by atoms with Gasteiger partial charge in [0.1, 0.15) is 5.75 Å². The summed E-state index contributed by atoms with van der Waals surface area (Å²) in [5, 5.41) is 0. The van der Waals surface area contributed by atoms with Crippen LogP contribution in [0.3, 0.4) is 0 Å². The SMILES string of the molecule is CCCN(CC(=O)N(C)C)S(=O)(=O)c1ccc(OC)c(Br)c1. The number of nitrogens with zero attached hydrogens (tertiary/aromatic N) is 2. The van der Waals surface area contributed by atoms with E-state index in [1.807, 2.05) is 6.92 Å². The molecular weight excluding hydrogens is 372 g/mol. The van der Waals surface area contributed by atoms with Gasteiger partial charge in [-0.05, 0) is 40.5 Å². The summed E-state index contributed by atoms with van der Waals surface area (Å²) in [7, 11) is 0.969. The zero-order valence-corrected chi connectivity index (χ0v) is 15.6. The molecule has 0 aromatic heterocycles. The molecule has 0 N–H and O–H groups in total. The van der Waals surface area contributed by atoms with Crippen molar-refractivity contribution in [1.82, 2.24) is 9.21 Å². The van der Waals surface area contributed by atoms with Crippen LogP contribution in [0.25, 0.3) is 0 Å². The molecule has 1 amide bonds. The van der Waals surface area contributed by atoms with E-state index >= 15 is 0 Å². The number of hydrogen-bond acceptors (Lipinski definition) is 4. The summed E-state index contributed by atoms with van der Waals surface area (Å²) in [6.45, 7) is 1.98. The quantitative estimate of drug-likeness (QED) is 0.710. The maximum atomic E-state index is 12.7. The molecule has 0 bridgehead atoms. The van der Waals surface area contributed by atoms with Crippen LogP contribution in [0.15, 0.2) is 27.6 Å². The molecule has 0 unspecified atom stereocenters. The molecule has 0 saturated carbocycles. The number of carbonyl (C=O) groups excluding carboxylic acids is 1. The highest BCUT2D eigenvalue weighted by molar-refractivity contribution is 9.10. The van der Waals surface area contributed by atoms with Gasteiger partial charge in [-0.2, -0.15) is 4.31 Å². The smallest absolute Gasteiger partial charge is 0.243 e. The van der Waals surface area contributed by atoms with Gasteiger partial charge in [-0.1, -0.05) is 6.92 Å². The lowest BCUT2D eigenvalue weighted by molar-refractivity contribution is -0.128. The molecule has 0 aliphatic heterocycles. The van der Waals surface area contributed by atoms with E-state index in [9.17, 15) is 13.2 Å². The first-order valence-corrected chi connectivity index (χ1v) is 9.01. The van der Waals surface area contributed by atoms with Gasteiger partial charge in [0, 0.05) is 20.6 Å². The van der Waals surface area contributed by atoms with Crippen LogP contribution in [0.4, 0.5) is 0 Å². The Labute approximate surface area is 140 Å². The van der Waals surface area contributed by atoms with Crippen molar-refractivity contribution in [2.24, 2.45) is 0 Å². The van der Waals surface area contributed by atoms with E-state index in [2.05, 4.69) is 15.9 Å². The highest BCUT2D eigenvalue weighted by Gasteiger charge is 2.27. The normalized spacial score (nSPS) is 11.5. The largest absolute Gasteiger partial charge is 0.496 e. The number of rotatable bonds is 7. The molecule has 0 atom stereocenters. The minimum absolute atomic E-state index is 0.125. The monoisotopic (exact) mass is 392 g/mol. The van der Waals surface area contributed by atoms with Gasteiger partial charge < -0.3 is 9.64 Å². The van der Waals surface area contributed by atoms with Gasteiger partial charge in [0.25, 0.3) is 0 Å². The zero-order valence-electron chi connectivity index (χ0n) is 13.2. The third-order valence-electron chi connectivity index (χ3n) is 3.04. The van der Waals surface area contributed by atoms with Crippen LogP contribution < -0.4 is 4.74 Å². The van der Waals surface area contributed by atoms with E-state index < -0.39 is 10.0 Å². The van der Waals surface area contributed by atoms with E-state index in [-0.39, 0.29) is 23.9 Å². The first-order valence-electron chi connectivity index (χ1n) is 6.77. The Morgan fingerprint density at radius 3 is 2.41 bits per heavy atom. The molecule has 1 rings (SSSR count). The van der Waals surface area contributed by atoms with Gasteiger partial charge in [0.15, 0.2) is 0 Å². The Hall–Kier alpha value is -1.12. The fourth-order valence-electron chi connectivity index (χ4n) is 1.78. The summed E-state index contributed by atoms with van der Waals surface area (Å²) in [4.78, 5) is 13.4. The van der Waals surface area contributed by atoms with E-state index in [0.29, 0.717) is 16.6 Å². The van der Waals surface area contributed by atoms with Crippen molar-refractivity contribution in [2.45, 2.75) is 18.2 Å². The summed E-state index contributed by atoms with van der Waals surface area (Å²) < 4.78 is 32.3. The number of carbonyl (C=O) groups is 1. The lowest BCUT2D eigenvalue weighted by Crippen LogP contribution is -2.40. The molecule has 6 nitrogen and oxygen atoms in total. The fraction of sp³-hybridized carbons (Fsp3) is 0.500. The summed E-state index contributed by atoms with van der Waals surface area (Å²) in [5.41, 5.74) is 0. The van der Waals surface area contributed by atoms with E-state index in [1.54, 1.807) is 20.2 Å². The van der Waals surface area contributed by atoms with Crippen LogP contribution in [0.1, 0.15) is 13.3 Å². The van der Waals surface area contributed by atoms with E-state index in [4.69, 9.17) is 4.74 Å². The van der Waals surface area contributed by atoms with Crippen LogP contribution in [0.2, 0.25) is 0 Å². The molecule has 0 fully saturated rings. The molecule has 0 aliphatic rings. The number of ether oxygens (including phenoxy) is 1. The lowest BCUT2D eigenvalue weighted by Gasteiger charge is -2.23. The molecule has 0 radical (unpaired) electrons. The fourth-order valence-corrected chi connectivity index (χ4v) is 3.98. The Morgan fingerprint density at radius 1 is 1.32 bits per heavy atom. The van der Waals surface area contributed by atoms with Gasteiger partial charge in [-0.25, -0.2) is 8.42 Å². The number of hydrogen-bond donors (Lipinski definition) is 0. The molecule has 1 aromatic carbocycles. The van der Waals surface area contributed by atoms with Crippen molar-refractivity contribution in [3.05, 3.63) is 22.7 Å². The lowest BCUT2D eigenvalue weighted by atomic mass is 10.3. The summed E-state index contributed by atoms with van der Waals surface area (Å²) in [6.07, 6.45) is 0.622. The standard InChI is InChI=1S/C14H21BrN2O4S/c1-5-8-17(10-14(18)16(2)3)22(19,20)11-6-7-13(21-4)12(15)9-11/h6-7,9H,5,8,10H2,1-4H3. The van der Waals surface area contributed by atoms with Crippen LogP contribution in [-0.4, -0.2) is 57.8 Å². The average molecular weight is 393 g/mol. The molecule has 0 spiro atoms. The molecule has 0 saturated heterocycles. The number of halogens is 1. The number of benzene rings is 1. The van der Waals surface area contributed by atoms with Crippen molar-refractivity contribution in [1.29, 1.82) is 0 Å². The molecule has 22 heavy (non-hydrogen) atoms. The van der Waals surface area contributed by atoms with Crippen molar-refractivity contribution >= 4 is 31.9 Å². The zero-order chi connectivity index (χ0) is 16.9. The third-order valence-corrected chi connectivity index (χ3v) is 5.51. The van der Waals surface area contributed by atoms with Gasteiger partial charge in [-0.3, -0.25) is 4.79 Å². The molecule has 8 heteroatoms. The summed E-state index contributed by atoms with van der Waals surface area (Å²) in [5.74, 6) is 0.287. The predicted molar refractivity (Wildman–Crippen MR) is 88.4 cm³/mol. The first kappa shape index (κ1) is 18.9. The number of likely N-dealkylation sites (N-methyl/N-ethyl adjacent to an activating group) is 1. The third kappa shape index (κ3) is 4.44. The van der Waals surface area contributed by atoms with Crippen molar-refractivity contribution < 1.29 is 17.9 Å². The minimum atomic E-state index is -3.74. The maximum absolute atomic E-state index is 12.7. The van der Waals surface area contributed by atoms with Crippen LogP contribution in [0, 0.1) is 0 Å². The second kappa shape index (κ2) is 7.94. The maximum Gasteiger partial charge on any atom is 0.243 e. The molecule has 124 valence electrons. The Balaban J connectivity index is 3.16. The summed E-state index contributed by atoms with van der Waals surface area (Å²) >= 11 is 3.28. The molecular formula is C14H21BrN2O4S. The highest BCUT2D eigenvalue weighted by Crippen LogP contribution is 2.28. The Kier molecular flexibility index (Phi) is 6.83. The van der Waals surface area contributed by atoms with Crippen LogP contribution in [-0.2, 0) is 14.8 Å². The average Bonchev–Trinajstić information content (AvgIpc) is 2.46. The Bertz CT molecular complexity index is 632. The van der Waals surface area contributed by atoms with E-state index in [0.717, 1.165) is 0 Å². The van der Waals surface area contributed by atoms with Crippen molar-refractivity contribution in [3.63, 3.8) is 0 Å².